The molecule has 128 valence electrons. The summed E-state index contributed by atoms with van der Waals surface area (Å²) in [6.45, 7) is 5.86. The Balaban J connectivity index is 1.68. The van der Waals surface area contributed by atoms with Crippen LogP contribution in [0.2, 0.25) is 0 Å². The lowest BCUT2D eigenvalue weighted by molar-refractivity contribution is -0.128. The van der Waals surface area contributed by atoms with Crippen LogP contribution in [0.5, 0.6) is 0 Å². The zero-order chi connectivity index (χ0) is 16.9. The van der Waals surface area contributed by atoms with E-state index in [4.69, 9.17) is 0 Å². The molecule has 1 amide bonds. The Labute approximate surface area is 146 Å². The molecule has 2 heterocycles. The quantitative estimate of drug-likeness (QED) is 0.797. The molecule has 1 aliphatic heterocycles. The first-order valence-electron chi connectivity index (χ1n) is 8.41. The van der Waals surface area contributed by atoms with E-state index < -0.39 is 0 Å². The SMILES string of the molecule is Cc1cc(C)cc(-n2nnnc2SCC(=O)N2CCCCCC2)c1. The fourth-order valence-corrected chi connectivity index (χ4v) is 3.84. The van der Waals surface area contributed by atoms with Gasteiger partial charge in [0.1, 0.15) is 0 Å². The van der Waals surface area contributed by atoms with Gasteiger partial charge in [0.25, 0.3) is 0 Å². The number of likely N-dealkylation sites (tertiary alicyclic amines) is 1. The molecule has 0 saturated carbocycles. The molecule has 0 atom stereocenters. The molecule has 1 saturated heterocycles. The molecule has 1 aliphatic rings. The van der Waals surface area contributed by atoms with Crippen molar-refractivity contribution in [3.8, 4) is 5.69 Å². The van der Waals surface area contributed by atoms with Gasteiger partial charge < -0.3 is 4.90 Å². The highest BCUT2D eigenvalue weighted by Crippen LogP contribution is 2.21. The Kier molecular flexibility index (Phi) is 5.50. The predicted octanol–water partition coefficient (Wildman–Crippen LogP) is 2.77. The van der Waals surface area contributed by atoms with Gasteiger partial charge in [-0.2, -0.15) is 4.68 Å². The second-order valence-corrected chi connectivity index (χ2v) is 7.25. The van der Waals surface area contributed by atoms with Crippen LogP contribution < -0.4 is 0 Å². The Morgan fingerprint density at radius 2 is 1.75 bits per heavy atom. The second kappa shape index (κ2) is 7.79. The summed E-state index contributed by atoms with van der Waals surface area (Å²) in [6.07, 6.45) is 4.66. The van der Waals surface area contributed by atoms with Gasteiger partial charge in [-0.05, 0) is 60.4 Å². The zero-order valence-corrected chi connectivity index (χ0v) is 15.1. The van der Waals surface area contributed by atoms with Crippen LogP contribution >= 0.6 is 11.8 Å². The van der Waals surface area contributed by atoms with Crippen molar-refractivity contribution < 1.29 is 4.79 Å². The van der Waals surface area contributed by atoms with Crippen LogP contribution in [0, 0.1) is 13.8 Å². The molecule has 0 radical (unpaired) electrons. The summed E-state index contributed by atoms with van der Waals surface area (Å²) in [5, 5.41) is 12.6. The summed E-state index contributed by atoms with van der Waals surface area (Å²) < 4.78 is 1.71. The van der Waals surface area contributed by atoms with Crippen LogP contribution in [0.1, 0.15) is 36.8 Å². The first-order valence-corrected chi connectivity index (χ1v) is 9.40. The van der Waals surface area contributed by atoms with Gasteiger partial charge in [-0.15, -0.1) is 5.10 Å². The summed E-state index contributed by atoms with van der Waals surface area (Å²) in [5.74, 6) is 0.558. The van der Waals surface area contributed by atoms with Crippen molar-refractivity contribution in [2.45, 2.75) is 44.7 Å². The minimum atomic E-state index is 0.178. The molecule has 3 rings (SSSR count). The van der Waals surface area contributed by atoms with Crippen LogP contribution in [0.15, 0.2) is 23.4 Å². The Morgan fingerprint density at radius 1 is 1.08 bits per heavy atom. The van der Waals surface area contributed by atoms with E-state index >= 15 is 0 Å². The van der Waals surface area contributed by atoms with Gasteiger partial charge in [0, 0.05) is 13.1 Å². The maximum atomic E-state index is 12.4. The summed E-state index contributed by atoms with van der Waals surface area (Å²) in [6, 6.07) is 6.21. The van der Waals surface area contributed by atoms with E-state index in [1.54, 1.807) is 4.68 Å². The molecule has 1 aromatic heterocycles. The second-order valence-electron chi connectivity index (χ2n) is 6.30. The summed E-state index contributed by atoms with van der Waals surface area (Å²) in [7, 11) is 0. The highest BCUT2D eigenvalue weighted by atomic mass is 32.2. The fraction of sp³-hybridized carbons (Fsp3) is 0.529. The van der Waals surface area contributed by atoms with Gasteiger partial charge in [0.15, 0.2) is 0 Å². The van der Waals surface area contributed by atoms with Crippen molar-refractivity contribution >= 4 is 17.7 Å². The molecular weight excluding hydrogens is 322 g/mol. The van der Waals surface area contributed by atoms with Crippen LogP contribution in [0.4, 0.5) is 0 Å². The summed E-state index contributed by atoms with van der Waals surface area (Å²) in [5.41, 5.74) is 3.26. The van der Waals surface area contributed by atoms with Gasteiger partial charge >= 0.3 is 0 Å². The number of rotatable bonds is 4. The van der Waals surface area contributed by atoms with Crippen LogP contribution in [0.3, 0.4) is 0 Å². The Hall–Kier alpha value is -1.89. The highest BCUT2D eigenvalue weighted by Gasteiger charge is 2.18. The molecule has 1 fully saturated rings. The summed E-state index contributed by atoms with van der Waals surface area (Å²) >= 11 is 1.40. The average molecular weight is 345 g/mol. The van der Waals surface area contributed by atoms with Crippen molar-refractivity contribution in [3.63, 3.8) is 0 Å². The number of tetrazole rings is 1. The molecule has 0 N–H and O–H groups in total. The van der Waals surface area contributed by atoms with Crippen LogP contribution in [-0.2, 0) is 4.79 Å². The number of carbonyl (C=O) groups is 1. The number of nitrogens with zero attached hydrogens (tertiary/aromatic N) is 5. The maximum Gasteiger partial charge on any atom is 0.233 e. The Bertz CT molecular complexity index is 687. The number of amides is 1. The van der Waals surface area contributed by atoms with E-state index in [-0.39, 0.29) is 5.91 Å². The number of thioether (sulfide) groups is 1. The lowest BCUT2D eigenvalue weighted by Gasteiger charge is -2.19. The third-order valence-corrected chi connectivity index (χ3v) is 5.08. The normalized spacial score (nSPS) is 15.3. The number of hydrogen-bond acceptors (Lipinski definition) is 5. The molecule has 6 nitrogen and oxygen atoms in total. The maximum absolute atomic E-state index is 12.4. The monoisotopic (exact) mass is 345 g/mol. The van der Waals surface area contributed by atoms with E-state index in [1.807, 2.05) is 17.0 Å². The molecule has 0 aliphatic carbocycles. The fourth-order valence-electron chi connectivity index (χ4n) is 3.04. The number of benzene rings is 1. The van der Waals surface area contributed by atoms with E-state index in [0.29, 0.717) is 10.9 Å². The molecule has 7 heteroatoms. The standard InChI is InChI=1S/C17H23N5OS/c1-13-9-14(2)11-15(10-13)22-17(18-19-20-22)24-12-16(23)21-7-5-3-4-6-8-21/h9-11H,3-8,12H2,1-2H3. The third kappa shape index (κ3) is 4.14. The lowest BCUT2D eigenvalue weighted by atomic mass is 10.1. The number of hydrogen-bond donors (Lipinski definition) is 0. The minimum Gasteiger partial charge on any atom is -0.342 e. The molecule has 24 heavy (non-hydrogen) atoms. The highest BCUT2D eigenvalue weighted by molar-refractivity contribution is 7.99. The molecule has 0 spiro atoms. The summed E-state index contributed by atoms with van der Waals surface area (Å²) in [4.78, 5) is 14.4. The smallest absolute Gasteiger partial charge is 0.233 e. The van der Waals surface area contributed by atoms with Gasteiger partial charge in [-0.25, -0.2) is 0 Å². The van der Waals surface area contributed by atoms with E-state index in [2.05, 4.69) is 35.4 Å². The Morgan fingerprint density at radius 3 is 2.42 bits per heavy atom. The molecule has 1 aromatic carbocycles. The van der Waals surface area contributed by atoms with Crippen molar-refractivity contribution in [1.82, 2.24) is 25.1 Å². The van der Waals surface area contributed by atoms with Crippen molar-refractivity contribution in [2.75, 3.05) is 18.8 Å². The lowest BCUT2D eigenvalue weighted by Crippen LogP contribution is -2.33. The van der Waals surface area contributed by atoms with Crippen molar-refractivity contribution in [1.29, 1.82) is 0 Å². The van der Waals surface area contributed by atoms with Gasteiger partial charge in [-0.3, -0.25) is 4.79 Å². The van der Waals surface area contributed by atoms with E-state index in [0.717, 1.165) is 42.7 Å². The number of carbonyl (C=O) groups excluding carboxylic acids is 1. The molecule has 0 bridgehead atoms. The number of aromatic nitrogens is 4. The minimum absolute atomic E-state index is 0.178. The third-order valence-electron chi connectivity index (χ3n) is 4.18. The predicted molar refractivity (Wildman–Crippen MR) is 94.4 cm³/mol. The molecule has 2 aromatic rings. The van der Waals surface area contributed by atoms with Gasteiger partial charge in [0.2, 0.25) is 11.1 Å². The van der Waals surface area contributed by atoms with Gasteiger partial charge in [0.05, 0.1) is 11.4 Å². The van der Waals surface area contributed by atoms with Crippen molar-refractivity contribution in [3.05, 3.63) is 29.3 Å². The first-order chi connectivity index (χ1) is 11.6. The van der Waals surface area contributed by atoms with Crippen LogP contribution in [0.25, 0.3) is 5.69 Å². The van der Waals surface area contributed by atoms with E-state index in [9.17, 15) is 4.79 Å². The largest absolute Gasteiger partial charge is 0.342 e. The van der Waals surface area contributed by atoms with Gasteiger partial charge in [-0.1, -0.05) is 30.7 Å². The van der Waals surface area contributed by atoms with Crippen molar-refractivity contribution in [2.24, 2.45) is 0 Å². The molecular formula is C17H23N5OS. The van der Waals surface area contributed by atoms with E-state index in [1.165, 1.54) is 24.6 Å². The molecule has 0 unspecified atom stereocenters. The zero-order valence-electron chi connectivity index (χ0n) is 14.2. The topological polar surface area (TPSA) is 63.9 Å². The number of aryl methyl sites for hydroxylation is 2. The average Bonchev–Trinajstić information content (AvgIpc) is 2.84. The van der Waals surface area contributed by atoms with Crippen LogP contribution in [-0.4, -0.2) is 49.9 Å². The first kappa shape index (κ1) is 17.0.